The molecular weight excluding hydrogens is 436 g/mol. The molecule has 0 aliphatic heterocycles. The summed E-state index contributed by atoms with van der Waals surface area (Å²) in [6.45, 7) is 2.42. The number of benzene rings is 1. The lowest BCUT2D eigenvalue weighted by Crippen LogP contribution is -2.51. The molecule has 3 saturated carbocycles. The first-order valence-corrected chi connectivity index (χ1v) is 13.8. The number of hydrogen-bond acceptors (Lipinski definition) is 4. The van der Waals surface area contributed by atoms with Crippen LogP contribution in [0.2, 0.25) is 0 Å². The monoisotopic (exact) mass is 474 g/mol. The molecule has 1 aromatic rings. The molecule has 0 heterocycles. The van der Waals surface area contributed by atoms with Crippen LogP contribution in [0.4, 0.5) is 0 Å². The third-order valence-electron chi connectivity index (χ3n) is 10.4. The second-order valence-electron chi connectivity index (χ2n) is 12.2. The summed E-state index contributed by atoms with van der Waals surface area (Å²) in [5, 5.41) is 21.5. The van der Waals surface area contributed by atoms with E-state index in [1.165, 1.54) is 22.3 Å². The molecule has 5 atom stereocenters. The van der Waals surface area contributed by atoms with E-state index in [2.05, 4.69) is 19.1 Å². The van der Waals surface area contributed by atoms with E-state index in [1.54, 1.807) is 0 Å². The van der Waals surface area contributed by atoms with Gasteiger partial charge in [0.2, 0.25) is 0 Å². The molecule has 4 nitrogen and oxygen atoms in total. The average Bonchev–Trinajstić information content (AvgIpc) is 3.67. The van der Waals surface area contributed by atoms with Gasteiger partial charge in [-0.15, -0.1) is 0 Å². The molecule has 0 radical (unpaired) electrons. The largest absolute Gasteiger partial charge is 0.396 e. The molecule has 3 fully saturated rings. The van der Waals surface area contributed by atoms with Gasteiger partial charge in [0.15, 0.2) is 11.6 Å². The summed E-state index contributed by atoms with van der Waals surface area (Å²) < 4.78 is 0. The molecule has 0 spiro atoms. The van der Waals surface area contributed by atoms with Crippen LogP contribution in [0.5, 0.6) is 0 Å². The van der Waals surface area contributed by atoms with E-state index in [4.69, 9.17) is 0 Å². The fourth-order valence-corrected chi connectivity index (χ4v) is 8.30. The fourth-order valence-electron chi connectivity index (χ4n) is 8.30. The van der Waals surface area contributed by atoms with E-state index in [9.17, 15) is 19.8 Å². The minimum Gasteiger partial charge on any atom is -0.396 e. The highest BCUT2D eigenvalue weighted by Crippen LogP contribution is 2.67. The Hall–Kier alpha value is -2.04. The number of rotatable bonds is 6. The highest BCUT2D eigenvalue weighted by molar-refractivity contribution is 5.99. The zero-order chi connectivity index (χ0) is 24.4. The SMILES string of the molecule is C[C@]12CC(c3ccc(C(=O)C4CC4)cc3)C3=C4CCC(=O)C=C4CCC3C1CC[C@@]2(O)CCCO. The van der Waals surface area contributed by atoms with Crippen molar-refractivity contribution in [3.05, 3.63) is 58.2 Å². The number of fused-ring (bicyclic) bond motifs is 4. The van der Waals surface area contributed by atoms with Crippen LogP contribution in [0.3, 0.4) is 0 Å². The number of carbonyl (C=O) groups excluding carboxylic acids is 2. The van der Waals surface area contributed by atoms with Gasteiger partial charge in [-0.1, -0.05) is 36.8 Å². The van der Waals surface area contributed by atoms with Crippen molar-refractivity contribution in [2.24, 2.45) is 23.2 Å². The second kappa shape index (κ2) is 8.52. The molecule has 5 aliphatic rings. The van der Waals surface area contributed by atoms with Crippen LogP contribution in [0.1, 0.15) is 99.4 Å². The van der Waals surface area contributed by atoms with Gasteiger partial charge >= 0.3 is 0 Å². The molecule has 0 bridgehead atoms. The molecule has 3 unspecified atom stereocenters. The minimum absolute atomic E-state index is 0.115. The summed E-state index contributed by atoms with van der Waals surface area (Å²) in [6.07, 6.45) is 11.4. The average molecular weight is 475 g/mol. The van der Waals surface area contributed by atoms with E-state index in [0.29, 0.717) is 31.1 Å². The Morgan fingerprint density at radius 3 is 2.54 bits per heavy atom. The van der Waals surface area contributed by atoms with Crippen LogP contribution in [0, 0.1) is 23.2 Å². The van der Waals surface area contributed by atoms with Crippen LogP contribution >= 0.6 is 0 Å². The van der Waals surface area contributed by atoms with Crippen molar-refractivity contribution in [2.45, 2.75) is 89.1 Å². The molecule has 0 aromatic heterocycles. The van der Waals surface area contributed by atoms with E-state index in [-0.39, 0.29) is 35.4 Å². The van der Waals surface area contributed by atoms with E-state index >= 15 is 0 Å². The lowest BCUT2D eigenvalue weighted by molar-refractivity contribution is -0.114. The first-order chi connectivity index (χ1) is 16.8. The second-order valence-corrected chi connectivity index (χ2v) is 12.2. The smallest absolute Gasteiger partial charge is 0.165 e. The molecule has 1 aromatic carbocycles. The van der Waals surface area contributed by atoms with Gasteiger partial charge in [-0.2, -0.15) is 0 Å². The van der Waals surface area contributed by atoms with Crippen molar-refractivity contribution < 1.29 is 19.8 Å². The van der Waals surface area contributed by atoms with E-state index < -0.39 is 5.60 Å². The van der Waals surface area contributed by atoms with Crippen molar-refractivity contribution in [2.75, 3.05) is 6.61 Å². The van der Waals surface area contributed by atoms with Gasteiger partial charge in [0.1, 0.15) is 0 Å². The van der Waals surface area contributed by atoms with Gasteiger partial charge in [-0.25, -0.2) is 0 Å². The van der Waals surface area contributed by atoms with Crippen molar-refractivity contribution in [3.8, 4) is 0 Å². The number of allylic oxidation sites excluding steroid dienone is 4. The molecular formula is C31H38O4. The van der Waals surface area contributed by atoms with Gasteiger partial charge in [0.05, 0.1) is 5.60 Å². The van der Waals surface area contributed by atoms with Crippen LogP contribution in [0.15, 0.2) is 47.1 Å². The quantitative estimate of drug-likeness (QED) is 0.520. The Balaban J connectivity index is 1.44. The summed E-state index contributed by atoms with van der Waals surface area (Å²) in [5.74, 6) is 1.79. The number of Topliss-reactive ketones (excluding diaryl/α,β-unsaturated/α-hetero) is 1. The number of aliphatic hydroxyl groups is 2. The zero-order valence-corrected chi connectivity index (χ0v) is 20.9. The lowest BCUT2D eigenvalue weighted by atomic mass is 9.51. The first kappa shape index (κ1) is 23.4. The zero-order valence-electron chi connectivity index (χ0n) is 20.9. The van der Waals surface area contributed by atoms with Crippen LogP contribution in [-0.2, 0) is 4.79 Å². The highest BCUT2D eigenvalue weighted by Gasteiger charge is 2.62. The van der Waals surface area contributed by atoms with Crippen LogP contribution in [-0.4, -0.2) is 34.0 Å². The summed E-state index contributed by atoms with van der Waals surface area (Å²) in [7, 11) is 0. The Kier molecular flexibility index (Phi) is 5.69. The van der Waals surface area contributed by atoms with Crippen LogP contribution < -0.4 is 0 Å². The summed E-state index contributed by atoms with van der Waals surface area (Å²) in [6, 6.07) is 8.34. The molecule has 6 rings (SSSR count). The Morgan fingerprint density at radius 1 is 1.06 bits per heavy atom. The lowest BCUT2D eigenvalue weighted by Gasteiger charge is -2.55. The van der Waals surface area contributed by atoms with E-state index in [1.807, 2.05) is 18.2 Å². The number of hydrogen-bond donors (Lipinski definition) is 2. The maximum Gasteiger partial charge on any atom is 0.165 e. The molecule has 35 heavy (non-hydrogen) atoms. The van der Waals surface area contributed by atoms with Gasteiger partial charge in [0.25, 0.3) is 0 Å². The Bertz CT molecular complexity index is 1110. The standard InChI is InChI=1S/C31H38O4/c1-30-18-26(19-3-5-20(6-4-19)29(34)21-7-8-21)28-24-12-10-23(33)17-22(24)9-11-25(28)27(30)13-15-31(30,35)14-2-16-32/h3-6,17,21,25-27,32,35H,2,7-16,18H2,1H3/t25?,26?,27?,30-,31-/m0/s1. The molecule has 186 valence electrons. The van der Waals surface area contributed by atoms with Gasteiger partial charge in [-0.3, -0.25) is 9.59 Å². The predicted octanol–water partition coefficient (Wildman–Crippen LogP) is 5.68. The molecule has 0 amide bonds. The highest BCUT2D eigenvalue weighted by atomic mass is 16.3. The van der Waals surface area contributed by atoms with Gasteiger partial charge in [0, 0.05) is 35.8 Å². The van der Waals surface area contributed by atoms with Crippen molar-refractivity contribution in [3.63, 3.8) is 0 Å². The first-order valence-electron chi connectivity index (χ1n) is 13.8. The van der Waals surface area contributed by atoms with Gasteiger partial charge in [-0.05, 0) is 98.8 Å². The topological polar surface area (TPSA) is 74.6 Å². The summed E-state index contributed by atoms with van der Waals surface area (Å²) in [5.41, 5.74) is 5.26. The van der Waals surface area contributed by atoms with Crippen molar-refractivity contribution in [1.82, 2.24) is 0 Å². The number of carbonyl (C=O) groups is 2. The molecule has 4 heteroatoms. The third kappa shape index (κ3) is 3.71. The van der Waals surface area contributed by atoms with E-state index in [0.717, 1.165) is 56.9 Å². The summed E-state index contributed by atoms with van der Waals surface area (Å²) in [4.78, 5) is 24.9. The van der Waals surface area contributed by atoms with Crippen molar-refractivity contribution >= 4 is 11.6 Å². The maximum atomic E-state index is 12.6. The summed E-state index contributed by atoms with van der Waals surface area (Å²) >= 11 is 0. The number of aliphatic hydroxyl groups excluding tert-OH is 1. The Labute approximate surface area is 208 Å². The predicted molar refractivity (Wildman–Crippen MR) is 135 cm³/mol. The van der Waals surface area contributed by atoms with Crippen LogP contribution in [0.25, 0.3) is 0 Å². The minimum atomic E-state index is -0.755. The fraction of sp³-hybridized carbons (Fsp3) is 0.613. The molecule has 0 saturated heterocycles. The van der Waals surface area contributed by atoms with Crippen molar-refractivity contribution in [1.29, 1.82) is 0 Å². The maximum absolute atomic E-state index is 12.6. The molecule has 5 aliphatic carbocycles. The third-order valence-corrected chi connectivity index (χ3v) is 10.4. The number of ketones is 2. The Morgan fingerprint density at radius 2 is 1.83 bits per heavy atom. The normalized spacial score (nSPS) is 36.4. The molecule has 2 N–H and O–H groups in total. The van der Waals surface area contributed by atoms with Gasteiger partial charge < -0.3 is 10.2 Å².